The molecule has 0 spiro atoms. The Kier molecular flexibility index (Phi) is 3.97. The van der Waals surface area contributed by atoms with E-state index in [4.69, 9.17) is 5.73 Å². The van der Waals surface area contributed by atoms with Crippen LogP contribution in [0.25, 0.3) is 5.76 Å². The van der Waals surface area contributed by atoms with E-state index in [2.05, 4.69) is 0 Å². The van der Waals surface area contributed by atoms with Gasteiger partial charge in [0.25, 0.3) is 5.91 Å². The van der Waals surface area contributed by atoms with E-state index < -0.39 is 76.7 Å². The van der Waals surface area contributed by atoms with Crippen LogP contribution in [0.3, 0.4) is 0 Å². The van der Waals surface area contributed by atoms with E-state index >= 15 is 0 Å². The van der Waals surface area contributed by atoms with Crippen LogP contribution in [0.5, 0.6) is 5.75 Å². The number of rotatable bonds is 1. The summed E-state index contributed by atoms with van der Waals surface area (Å²) in [6, 6.07) is 4.34. The van der Waals surface area contributed by atoms with E-state index in [0.717, 1.165) is 0 Å². The molecule has 3 aliphatic rings. The van der Waals surface area contributed by atoms with Gasteiger partial charge in [0.2, 0.25) is 5.78 Å². The molecule has 0 aliphatic heterocycles. The number of hydrogen-bond donors (Lipinski definition) is 6. The van der Waals surface area contributed by atoms with E-state index in [1.165, 1.54) is 12.1 Å². The van der Waals surface area contributed by atoms with Crippen LogP contribution in [0.4, 0.5) is 0 Å². The number of ketones is 2. The number of primary amides is 1. The van der Waals surface area contributed by atoms with Crippen molar-refractivity contribution in [2.24, 2.45) is 17.6 Å². The monoisotopic (exact) mass is 403 g/mol. The number of carbonyl (C=O) groups excluding carboxylic acids is 3. The molecule has 6 atom stereocenters. The molecule has 0 bridgehead atoms. The van der Waals surface area contributed by atoms with Crippen molar-refractivity contribution in [1.82, 2.24) is 0 Å². The van der Waals surface area contributed by atoms with Gasteiger partial charge in [-0.05, 0) is 24.0 Å². The van der Waals surface area contributed by atoms with Gasteiger partial charge in [-0.3, -0.25) is 14.4 Å². The molecule has 2 saturated carbocycles. The molecule has 1 amide bonds. The highest BCUT2D eigenvalue weighted by molar-refractivity contribution is 6.22. The molecular formula is C20H21NO8. The number of aliphatic hydroxyl groups is 4. The predicted molar refractivity (Wildman–Crippen MR) is 97.4 cm³/mol. The van der Waals surface area contributed by atoms with Crippen LogP contribution in [0.1, 0.15) is 36.8 Å². The number of aliphatic hydroxyl groups excluding tert-OH is 2. The highest BCUT2D eigenvalue weighted by atomic mass is 16.3. The lowest BCUT2D eigenvalue weighted by Crippen LogP contribution is -2.74. The second-order valence-corrected chi connectivity index (χ2v) is 8.12. The molecule has 7 N–H and O–H groups in total. The Morgan fingerprint density at radius 2 is 1.86 bits per heavy atom. The molecule has 9 nitrogen and oxygen atoms in total. The molecule has 2 fully saturated rings. The van der Waals surface area contributed by atoms with Crippen LogP contribution >= 0.6 is 0 Å². The number of nitrogens with two attached hydrogens (primary N) is 1. The van der Waals surface area contributed by atoms with Crippen LogP contribution in [-0.2, 0) is 14.4 Å². The topological polar surface area (TPSA) is 178 Å². The fourth-order valence-corrected chi connectivity index (χ4v) is 5.38. The van der Waals surface area contributed by atoms with E-state index in [1.54, 1.807) is 13.0 Å². The molecule has 4 rings (SSSR count). The first kappa shape index (κ1) is 19.6. The highest BCUT2D eigenvalue weighted by Gasteiger charge is 2.72. The first-order valence-electron chi connectivity index (χ1n) is 9.23. The number of phenolic OH excluding ortho intramolecular Hbond substituents is 1. The summed E-state index contributed by atoms with van der Waals surface area (Å²) in [6.45, 7) is 1.57. The summed E-state index contributed by atoms with van der Waals surface area (Å²) in [5.41, 5.74) is -0.170. The highest BCUT2D eigenvalue weighted by Crippen LogP contribution is 2.58. The summed E-state index contributed by atoms with van der Waals surface area (Å²) in [5, 5.41) is 53.7. The maximum Gasteiger partial charge on any atom is 0.250 e. The maximum atomic E-state index is 13.3. The van der Waals surface area contributed by atoms with Crippen molar-refractivity contribution in [2.75, 3.05) is 0 Å². The molecule has 154 valence electrons. The molecule has 0 aromatic heterocycles. The molecule has 0 radical (unpaired) electrons. The second kappa shape index (κ2) is 5.88. The SMILES string of the molecule is CC1c2cccc(O)c2C(O)=C2C(=O)C3(O)C(=O)CC(O)CC3C(O)(C(N)=O)C21. The van der Waals surface area contributed by atoms with Gasteiger partial charge in [0.15, 0.2) is 17.0 Å². The van der Waals surface area contributed by atoms with Crippen molar-refractivity contribution in [3.8, 4) is 5.75 Å². The van der Waals surface area contributed by atoms with Crippen molar-refractivity contribution >= 4 is 23.2 Å². The Bertz CT molecular complexity index is 1000. The minimum Gasteiger partial charge on any atom is -0.507 e. The molecule has 1 aromatic rings. The van der Waals surface area contributed by atoms with Gasteiger partial charge in [-0.2, -0.15) is 0 Å². The summed E-state index contributed by atoms with van der Waals surface area (Å²) in [4.78, 5) is 38.4. The maximum absolute atomic E-state index is 13.3. The molecule has 0 heterocycles. The minimum atomic E-state index is -2.83. The van der Waals surface area contributed by atoms with Gasteiger partial charge >= 0.3 is 0 Å². The summed E-state index contributed by atoms with van der Waals surface area (Å²) in [6.07, 6.45) is -2.23. The number of fused-ring (bicyclic) bond motifs is 3. The van der Waals surface area contributed by atoms with Gasteiger partial charge in [-0.1, -0.05) is 19.1 Å². The Morgan fingerprint density at radius 1 is 1.21 bits per heavy atom. The number of Topliss-reactive ketones (excluding diaryl/α,β-unsaturated/α-hetero) is 2. The van der Waals surface area contributed by atoms with E-state index in [1.807, 2.05) is 0 Å². The second-order valence-electron chi connectivity index (χ2n) is 8.12. The van der Waals surface area contributed by atoms with Gasteiger partial charge in [0, 0.05) is 23.8 Å². The van der Waals surface area contributed by atoms with Crippen molar-refractivity contribution < 1.29 is 39.9 Å². The van der Waals surface area contributed by atoms with Crippen LogP contribution in [0, 0.1) is 11.8 Å². The van der Waals surface area contributed by atoms with Crippen LogP contribution in [0.2, 0.25) is 0 Å². The molecule has 1 aromatic carbocycles. The normalized spacial score (nSPS) is 38.9. The van der Waals surface area contributed by atoms with E-state index in [0.29, 0.717) is 5.56 Å². The lowest BCUT2D eigenvalue weighted by Gasteiger charge is -2.55. The number of phenols is 1. The van der Waals surface area contributed by atoms with Crippen LogP contribution in [-0.4, -0.2) is 60.3 Å². The Morgan fingerprint density at radius 3 is 2.48 bits per heavy atom. The van der Waals surface area contributed by atoms with Crippen LogP contribution < -0.4 is 5.73 Å². The molecule has 6 unspecified atom stereocenters. The number of amides is 1. The third-order valence-corrected chi connectivity index (χ3v) is 6.72. The largest absolute Gasteiger partial charge is 0.507 e. The summed E-state index contributed by atoms with van der Waals surface area (Å²) >= 11 is 0. The zero-order valence-electron chi connectivity index (χ0n) is 15.5. The fourth-order valence-electron chi connectivity index (χ4n) is 5.38. The first-order chi connectivity index (χ1) is 13.5. The van der Waals surface area contributed by atoms with Gasteiger partial charge < -0.3 is 31.3 Å². The van der Waals surface area contributed by atoms with E-state index in [-0.39, 0.29) is 11.3 Å². The zero-order valence-corrected chi connectivity index (χ0v) is 15.5. The van der Waals surface area contributed by atoms with Gasteiger partial charge in [-0.25, -0.2) is 0 Å². The average Bonchev–Trinajstić information content (AvgIpc) is 2.64. The van der Waals surface area contributed by atoms with Gasteiger partial charge in [0.1, 0.15) is 11.5 Å². The third-order valence-electron chi connectivity index (χ3n) is 6.72. The molecular weight excluding hydrogens is 382 g/mol. The summed E-state index contributed by atoms with van der Waals surface area (Å²) in [7, 11) is 0. The van der Waals surface area contributed by atoms with Gasteiger partial charge in [-0.15, -0.1) is 0 Å². The van der Waals surface area contributed by atoms with Crippen molar-refractivity contribution in [3.63, 3.8) is 0 Å². The smallest absolute Gasteiger partial charge is 0.250 e. The minimum absolute atomic E-state index is 0.0724. The average molecular weight is 403 g/mol. The quantitative estimate of drug-likeness (QED) is 0.332. The number of carbonyl (C=O) groups is 3. The summed E-state index contributed by atoms with van der Waals surface area (Å²) in [5.74, 6) is -8.44. The molecule has 9 heteroatoms. The zero-order chi connectivity index (χ0) is 21.5. The standard InChI is InChI=1S/C20H21NO8/c1-7-9-3-2-4-10(23)13(9)16(25)14-15(7)20(29,18(21)27)11-5-8(22)6-12(24)19(11,28)17(14)26/h2-4,7-8,11,15,22-23,25,28-29H,5-6H2,1H3,(H2,21,27). The van der Waals surface area contributed by atoms with Crippen molar-refractivity contribution in [2.45, 2.75) is 43.0 Å². The number of benzene rings is 1. The fraction of sp³-hybridized carbons (Fsp3) is 0.450. The Balaban J connectivity index is 2.08. The van der Waals surface area contributed by atoms with Crippen molar-refractivity contribution in [3.05, 3.63) is 34.9 Å². The lowest BCUT2D eigenvalue weighted by molar-refractivity contribution is -0.201. The number of hydrogen-bond acceptors (Lipinski definition) is 8. The molecule has 3 aliphatic carbocycles. The Hall–Kier alpha value is -2.75. The number of aromatic hydroxyl groups is 1. The van der Waals surface area contributed by atoms with E-state index in [9.17, 15) is 39.9 Å². The summed E-state index contributed by atoms with van der Waals surface area (Å²) < 4.78 is 0. The molecule has 29 heavy (non-hydrogen) atoms. The van der Waals surface area contributed by atoms with Gasteiger partial charge in [0.05, 0.1) is 11.7 Å². The molecule has 0 saturated heterocycles. The predicted octanol–water partition coefficient (Wildman–Crippen LogP) is -0.735. The third kappa shape index (κ3) is 2.17. The Labute approximate surface area is 165 Å². The lowest BCUT2D eigenvalue weighted by atomic mass is 9.49. The van der Waals surface area contributed by atoms with Crippen molar-refractivity contribution in [1.29, 1.82) is 0 Å². The van der Waals surface area contributed by atoms with Crippen LogP contribution in [0.15, 0.2) is 23.8 Å². The first-order valence-corrected chi connectivity index (χ1v) is 9.23.